The van der Waals surface area contributed by atoms with Gasteiger partial charge in [-0.25, -0.2) is 4.57 Å². The van der Waals surface area contributed by atoms with E-state index in [2.05, 4.69) is 52.2 Å². The van der Waals surface area contributed by atoms with E-state index in [1.807, 2.05) is 0 Å². The molecule has 724 valence electrons. The molecule has 2 amide bonds. The molecular formula is C95H180N2O24P2. The molecule has 0 aromatic rings. The molecule has 11 unspecified atom stereocenters. The number of amides is 2. The molecule has 0 aromatic heterocycles. The summed E-state index contributed by atoms with van der Waals surface area (Å²) in [6.07, 6.45) is 35.8. The van der Waals surface area contributed by atoms with Crippen LogP contribution in [0.1, 0.15) is 465 Å². The van der Waals surface area contributed by atoms with Crippen molar-refractivity contribution in [3.8, 4) is 0 Å². The van der Waals surface area contributed by atoms with Crippen molar-refractivity contribution in [2.75, 3.05) is 19.9 Å². The Bertz CT molecular complexity index is 2710. The number of carbonyl (C=O) groups is 6. The van der Waals surface area contributed by atoms with Crippen molar-refractivity contribution in [1.29, 1.82) is 0 Å². The average molecular weight is 1800 g/mol. The number of ether oxygens (including phenoxy) is 7. The van der Waals surface area contributed by atoms with Crippen LogP contribution in [0.15, 0.2) is 0 Å². The number of carbonyl (C=O) groups excluding carboxylic acids is 6. The van der Waals surface area contributed by atoms with Gasteiger partial charge in [0.25, 0.3) is 0 Å². The number of aliphatic hydroxyl groups is 4. The summed E-state index contributed by atoms with van der Waals surface area (Å²) in [5, 5.41) is 51.8. The fourth-order valence-electron chi connectivity index (χ4n) is 16.6. The van der Waals surface area contributed by atoms with Crippen molar-refractivity contribution in [3.63, 3.8) is 0 Å². The van der Waals surface area contributed by atoms with Crippen LogP contribution < -0.4 is 10.6 Å². The third-order valence-corrected chi connectivity index (χ3v) is 25.0. The molecule has 2 rings (SSSR count). The Morgan fingerprint density at radius 1 is 0.350 bits per heavy atom. The number of esters is 4. The third-order valence-electron chi connectivity index (χ3n) is 23.9. The van der Waals surface area contributed by atoms with E-state index >= 15 is 9.59 Å². The number of nitrogens with one attached hydrogen (secondary N) is 2. The first-order chi connectivity index (χ1) is 59.3. The van der Waals surface area contributed by atoms with Crippen molar-refractivity contribution in [2.45, 2.75) is 551 Å². The van der Waals surface area contributed by atoms with E-state index in [-0.39, 0.29) is 38.5 Å². The van der Waals surface area contributed by atoms with Gasteiger partial charge < -0.3 is 78.9 Å². The fourth-order valence-corrected chi connectivity index (χ4v) is 17.8. The minimum Gasteiger partial charge on any atom is -0.462 e. The highest BCUT2D eigenvalue weighted by molar-refractivity contribution is 7.51. The van der Waals surface area contributed by atoms with Crippen LogP contribution in [0.2, 0.25) is 0 Å². The Hall–Kier alpha value is -3.20. The zero-order valence-electron chi connectivity index (χ0n) is 78.1. The summed E-state index contributed by atoms with van der Waals surface area (Å²) >= 11 is 0. The molecule has 2 fully saturated rings. The van der Waals surface area contributed by atoms with Crippen LogP contribution in [-0.2, 0) is 80.1 Å². The predicted octanol–water partition coefficient (Wildman–Crippen LogP) is 21.3. The lowest BCUT2D eigenvalue weighted by Crippen LogP contribution is -2.68. The highest BCUT2D eigenvalue weighted by atomic mass is 31.2. The lowest BCUT2D eigenvalue weighted by Gasteiger charge is -2.47. The van der Waals surface area contributed by atoms with Crippen molar-refractivity contribution in [3.05, 3.63) is 0 Å². The molecule has 0 bridgehead atoms. The number of rotatable bonds is 84. The second-order valence-corrected chi connectivity index (χ2v) is 38.8. The van der Waals surface area contributed by atoms with Gasteiger partial charge in [-0.15, -0.1) is 0 Å². The zero-order valence-corrected chi connectivity index (χ0v) is 79.9. The van der Waals surface area contributed by atoms with E-state index in [1.165, 1.54) is 70.6 Å². The molecule has 0 aliphatic carbocycles. The maximum Gasteiger partial charge on any atom is 0.470 e. The average Bonchev–Trinajstić information content (AvgIpc) is 0.778. The van der Waals surface area contributed by atoms with Crippen molar-refractivity contribution < 1.29 is 115 Å². The molecule has 2 aliphatic heterocycles. The largest absolute Gasteiger partial charge is 0.470 e. The molecule has 15 atom stereocenters. The molecule has 2 aliphatic rings. The van der Waals surface area contributed by atoms with Gasteiger partial charge in [0.15, 0.2) is 24.8 Å². The molecule has 9 N–H and O–H groups in total. The molecule has 0 saturated carbocycles. The van der Waals surface area contributed by atoms with Crippen LogP contribution in [0.25, 0.3) is 0 Å². The Balaban J connectivity index is 2.84. The normalized spacial score (nSPS) is 20.8. The number of phosphoric acid groups is 1. The minimum atomic E-state index is -5.67. The molecule has 28 heteroatoms. The summed E-state index contributed by atoms with van der Waals surface area (Å²) in [6, 6.07) is -3.66. The van der Waals surface area contributed by atoms with Crippen LogP contribution in [0.5, 0.6) is 0 Å². The number of hydrogen-bond acceptors (Lipinski definition) is 21. The summed E-state index contributed by atoms with van der Waals surface area (Å²) in [5.74, 6) is -4.82. The molecular weight excluding hydrogens is 1610 g/mol. The first kappa shape index (κ1) is 116. The summed E-state index contributed by atoms with van der Waals surface area (Å²) in [4.78, 5) is 119. The second kappa shape index (κ2) is 75.5. The van der Waals surface area contributed by atoms with Crippen LogP contribution in [-0.4, -0.2) is 176 Å². The van der Waals surface area contributed by atoms with E-state index < -0.39 is 176 Å². The third kappa shape index (κ3) is 61.9. The van der Waals surface area contributed by atoms with Gasteiger partial charge in [-0.05, 0) is 51.4 Å². The quantitative estimate of drug-likeness (QED) is 0.0118. The van der Waals surface area contributed by atoms with Crippen molar-refractivity contribution in [2.24, 2.45) is 0 Å². The highest BCUT2D eigenvalue weighted by Gasteiger charge is 2.55. The Morgan fingerprint density at radius 3 is 1.01 bits per heavy atom. The van der Waals surface area contributed by atoms with Gasteiger partial charge >= 0.3 is 39.3 Å². The Kier molecular flexibility index (Phi) is 71.1. The molecule has 26 nitrogen and oxygen atoms in total. The highest BCUT2D eigenvalue weighted by Crippen LogP contribution is 2.44. The lowest BCUT2D eigenvalue weighted by molar-refractivity contribution is -0.296. The smallest absolute Gasteiger partial charge is 0.462 e. The monoisotopic (exact) mass is 1800 g/mol. The van der Waals surface area contributed by atoms with E-state index in [1.54, 1.807) is 0 Å². The SMILES string of the molecule is CCCCCCCCCCCCCC(=O)O[C@@H](CCCCCCCCCCC)CC(=O)OC1C(NC(=O)C[C@H](CCCCCCCCCCC)OC(=O)CCCCCCCCCCC)C(OCC2OC(OP(C)(=O)O)C(NC(=O)C[C@@H](O)CCCCCCCCCCC)C(OC(=O)C[C@@H](O)CCCCCCCCCCC)C2O)OC(CO)C1OP(=O)(O)O. The lowest BCUT2D eigenvalue weighted by atomic mass is 9.95. The van der Waals surface area contributed by atoms with Gasteiger partial charge in [0, 0.05) is 19.5 Å². The first-order valence-corrected chi connectivity index (χ1v) is 53.5. The van der Waals surface area contributed by atoms with Gasteiger partial charge in [0.1, 0.15) is 48.7 Å². The molecule has 0 aromatic carbocycles. The van der Waals surface area contributed by atoms with Gasteiger partial charge in [-0.1, -0.05) is 375 Å². The molecule has 123 heavy (non-hydrogen) atoms. The van der Waals surface area contributed by atoms with Gasteiger partial charge in [0.2, 0.25) is 11.8 Å². The van der Waals surface area contributed by atoms with E-state index in [0.717, 1.165) is 257 Å². The van der Waals surface area contributed by atoms with Crippen molar-refractivity contribution in [1.82, 2.24) is 10.6 Å². The van der Waals surface area contributed by atoms with Crippen LogP contribution in [0.4, 0.5) is 0 Å². The fraction of sp³-hybridized carbons (Fsp3) is 0.937. The standard InChI is InChI=1S/C95H180N2O24P2/c1-8-14-20-26-32-38-39-45-51-57-63-69-85(104)115-79(67-61-55-49-43-36-30-24-18-12-5)73-87(106)119-93-89(97-83(102)72-78(66-60-54-48-42-35-29-23-17-11-4)114-84(103)68-62-56-50-44-37-31-25-19-13-6)94(116-80(74-98)91(93)120-123(110,111)112)113-75-81-90(107)92(118-86(105)71-77(100)65-59-53-47-41-34-28-22-16-10-3)88(95(117-81)121-122(7,108)109)96-82(101)70-76(99)64-58-52-46-40-33-27-21-15-9-2/h76-81,88-95,98-100,107H,8-75H2,1-7H3,(H,96,101)(H,97,102)(H,108,109)(H2,110,111,112)/t76-,77-,78-,79-,80?,81?,88?,89?,90?,91?,92?,93?,94?,95?/m0/s1. The number of phosphoric ester groups is 1. The molecule has 2 saturated heterocycles. The maximum absolute atomic E-state index is 15.2. The molecule has 0 radical (unpaired) electrons. The predicted molar refractivity (Wildman–Crippen MR) is 484 cm³/mol. The Labute approximate surface area is 744 Å². The molecule has 2 heterocycles. The van der Waals surface area contributed by atoms with Crippen molar-refractivity contribution >= 4 is 51.1 Å². The second-order valence-electron chi connectivity index (χ2n) is 35.8. The van der Waals surface area contributed by atoms with E-state index in [9.17, 15) is 63.4 Å². The van der Waals surface area contributed by atoms with Gasteiger partial charge in [-0.2, -0.15) is 0 Å². The van der Waals surface area contributed by atoms with Crippen LogP contribution in [0, 0.1) is 0 Å². The number of aliphatic hydroxyl groups excluding tert-OH is 4. The van der Waals surface area contributed by atoms with Crippen LogP contribution in [0.3, 0.4) is 0 Å². The minimum absolute atomic E-state index is 0.0904. The van der Waals surface area contributed by atoms with Crippen LogP contribution >= 0.6 is 15.4 Å². The topological polar surface area (TPSA) is 385 Å². The molecule has 0 spiro atoms. The van der Waals surface area contributed by atoms with Gasteiger partial charge in [0.05, 0.1) is 51.1 Å². The Morgan fingerprint density at radius 2 is 0.650 bits per heavy atom. The maximum atomic E-state index is 15.2. The zero-order chi connectivity index (χ0) is 90.4. The summed E-state index contributed by atoms with van der Waals surface area (Å²) in [7, 11) is -10.3. The van der Waals surface area contributed by atoms with Gasteiger partial charge in [-0.3, -0.25) is 42.4 Å². The summed E-state index contributed by atoms with van der Waals surface area (Å²) < 4.78 is 81.5. The summed E-state index contributed by atoms with van der Waals surface area (Å²) in [6.45, 7) is 11.9. The van der Waals surface area contributed by atoms with E-state index in [4.69, 9.17) is 42.2 Å². The summed E-state index contributed by atoms with van der Waals surface area (Å²) in [5.41, 5.74) is 0. The number of hydrogen-bond donors (Lipinski definition) is 9. The number of unbranched alkanes of at least 4 members (excludes halogenated alkanes) is 50. The first-order valence-electron chi connectivity index (χ1n) is 50.0. The van der Waals surface area contributed by atoms with E-state index in [0.29, 0.717) is 38.5 Å².